The van der Waals surface area contributed by atoms with Crippen LogP contribution in [-0.2, 0) is 0 Å². The standard InChI is InChI=1S/C13H17F2NO2S/c1-8(4-5-19-3)16(2)12-10(14)6-9(13(17)18)7-11(12)15/h6-8H,4-5H2,1-3H3,(H,17,18). The number of carboxylic acids is 1. The van der Waals surface area contributed by atoms with E-state index in [1.165, 1.54) is 4.90 Å². The van der Waals surface area contributed by atoms with E-state index in [2.05, 4.69) is 0 Å². The Kier molecular flexibility index (Phi) is 5.60. The van der Waals surface area contributed by atoms with E-state index >= 15 is 0 Å². The van der Waals surface area contributed by atoms with Crippen LogP contribution in [0.15, 0.2) is 12.1 Å². The minimum atomic E-state index is -1.34. The highest BCUT2D eigenvalue weighted by Crippen LogP contribution is 2.26. The molecule has 1 atom stereocenters. The number of halogens is 2. The van der Waals surface area contributed by atoms with Crippen LogP contribution >= 0.6 is 11.8 Å². The van der Waals surface area contributed by atoms with E-state index in [1.54, 1.807) is 18.8 Å². The molecule has 0 saturated heterocycles. The molecule has 106 valence electrons. The van der Waals surface area contributed by atoms with Crippen LogP contribution in [0.1, 0.15) is 23.7 Å². The first kappa shape index (κ1) is 15.8. The second-order valence-corrected chi connectivity index (χ2v) is 5.32. The van der Waals surface area contributed by atoms with Gasteiger partial charge in [-0.15, -0.1) is 0 Å². The van der Waals surface area contributed by atoms with E-state index < -0.39 is 17.6 Å². The van der Waals surface area contributed by atoms with Gasteiger partial charge in [-0.1, -0.05) is 0 Å². The fourth-order valence-corrected chi connectivity index (χ4v) is 2.31. The molecule has 0 radical (unpaired) electrons. The smallest absolute Gasteiger partial charge is 0.335 e. The topological polar surface area (TPSA) is 40.5 Å². The van der Waals surface area contributed by atoms with Crippen LogP contribution in [0.4, 0.5) is 14.5 Å². The van der Waals surface area contributed by atoms with E-state index in [1.807, 2.05) is 13.2 Å². The molecule has 0 heterocycles. The Morgan fingerprint density at radius 1 is 1.42 bits per heavy atom. The van der Waals surface area contributed by atoms with Crippen molar-refractivity contribution in [3.05, 3.63) is 29.3 Å². The maximum absolute atomic E-state index is 13.9. The molecule has 0 bridgehead atoms. The van der Waals surface area contributed by atoms with Gasteiger partial charge in [0.05, 0.1) is 5.56 Å². The average Bonchev–Trinajstić information content (AvgIpc) is 2.34. The van der Waals surface area contributed by atoms with Crippen LogP contribution in [0.2, 0.25) is 0 Å². The van der Waals surface area contributed by atoms with Gasteiger partial charge in [-0.25, -0.2) is 13.6 Å². The van der Waals surface area contributed by atoms with Crippen molar-refractivity contribution in [3.8, 4) is 0 Å². The van der Waals surface area contributed by atoms with Crippen molar-refractivity contribution >= 4 is 23.4 Å². The van der Waals surface area contributed by atoms with Gasteiger partial charge in [-0.05, 0) is 37.5 Å². The van der Waals surface area contributed by atoms with Crippen molar-refractivity contribution in [2.24, 2.45) is 0 Å². The zero-order valence-electron chi connectivity index (χ0n) is 11.1. The lowest BCUT2D eigenvalue weighted by Crippen LogP contribution is -2.31. The highest BCUT2D eigenvalue weighted by molar-refractivity contribution is 7.98. The Hall–Kier alpha value is -1.30. The Balaban J connectivity index is 3.03. The molecule has 1 aromatic rings. The fourth-order valence-electron chi connectivity index (χ4n) is 1.73. The molecule has 0 aliphatic carbocycles. The maximum atomic E-state index is 13.9. The van der Waals surface area contributed by atoms with E-state index in [-0.39, 0.29) is 17.3 Å². The number of carbonyl (C=O) groups is 1. The van der Waals surface area contributed by atoms with Gasteiger partial charge in [-0.3, -0.25) is 0 Å². The maximum Gasteiger partial charge on any atom is 0.335 e. The molecule has 0 aromatic heterocycles. The van der Waals surface area contributed by atoms with Gasteiger partial charge in [0.15, 0.2) is 0 Å². The summed E-state index contributed by atoms with van der Waals surface area (Å²) in [6, 6.07) is 1.66. The first-order valence-corrected chi connectivity index (χ1v) is 7.22. The van der Waals surface area contributed by atoms with Crippen molar-refractivity contribution in [2.75, 3.05) is 24.0 Å². The normalized spacial score (nSPS) is 12.3. The summed E-state index contributed by atoms with van der Waals surface area (Å²) in [4.78, 5) is 12.2. The van der Waals surface area contributed by atoms with Crippen LogP contribution in [0, 0.1) is 11.6 Å². The van der Waals surface area contributed by atoms with Crippen LogP contribution in [-0.4, -0.2) is 36.2 Å². The van der Waals surface area contributed by atoms with Gasteiger partial charge in [0.1, 0.15) is 17.3 Å². The molecule has 0 aliphatic heterocycles. The van der Waals surface area contributed by atoms with Crippen LogP contribution in [0.5, 0.6) is 0 Å². The summed E-state index contributed by atoms with van der Waals surface area (Å²) >= 11 is 1.67. The highest BCUT2D eigenvalue weighted by Gasteiger charge is 2.20. The number of anilines is 1. The number of carboxylic acid groups (broad SMARTS) is 1. The third-order valence-corrected chi connectivity index (χ3v) is 3.66. The molecule has 0 amide bonds. The summed E-state index contributed by atoms with van der Waals surface area (Å²) in [5, 5.41) is 8.74. The summed E-state index contributed by atoms with van der Waals surface area (Å²) in [5.41, 5.74) is -0.567. The molecule has 6 heteroatoms. The summed E-state index contributed by atoms with van der Waals surface area (Å²) in [5.74, 6) is -2.16. The minimum Gasteiger partial charge on any atom is -0.478 e. The number of nitrogens with zero attached hydrogens (tertiary/aromatic N) is 1. The molecular weight excluding hydrogens is 272 g/mol. The quantitative estimate of drug-likeness (QED) is 0.873. The molecule has 1 aromatic carbocycles. The lowest BCUT2D eigenvalue weighted by Gasteiger charge is -2.27. The third-order valence-electron chi connectivity index (χ3n) is 3.02. The van der Waals surface area contributed by atoms with Crippen LogP contribution < -0.4 is 4.90 Å². The highest BCUT2D eigenvalue weighted by atomic mass is 32.2. The molecule has 0 aliphatic rings. The van der Waals surface area contributed by atoms with Gasteiger partial charge in [0, 0.05) is 13.1 Å². The van der Waals surface area contributed by atoms with E-state index in [9.17, 15) is 13.6 Å². The largest absolute Gasteiger partial charge is 0.478 e. The van der Waals surface area contributed by atoms with E-state index in [0.717, 1.165) is 24.3 Å². The first-order chi connectivity index (χ1) is 8.88. The fraction of sp³-hybridized carbons (Fsp3) is 0.462. The lowest BCUT2D eigenvalue weighted by molar-refractivity contribution is 0.0696. The lowest BCUT2D eigenvalue weighted by atomic mass is 10.1. The minimum absolute atomic E-state index is 0.0351. The van der Waals surface area contributed by atoms with Crippen LogP contribution in [0.3, 0.4) is 0 Å². The number of rotatable bonds is 6. The number of hydrogen-bond acceptors (Lipinski definition) is 3. The number of aromatic carboxylic acids is 1. The Morgan fingerprint density at radius 3 is 2.37 bits per heavy atom. The molecule has 19 heavy (non-hydrogen) atoms. The zero-order valence-corrected chi connectivity index (χ0v) is 11.9. The van der Waals surface area contributed by atoms with Gasteiger partial charge in [0.25, 0.3) is 0 Å². The second kappa shape index (κ2) is 6.75. The molecule has 1 N–H and O–H groups in total. The van der Waals surface area contributed by atoms with Crippen molar-refractivity contribution in [2.45, 2.75) is 19.4 Å². The van der Waals surface area contributed by atoms with Crippen molar-refractivity contribution < 1.29 is 18.7 Å². The second-order valence-electron chi connectivity index (χ2n) is 4.34. The monoisotopic (exact) mass is 289 g/mol. The molecule has 1 rings (SSSR count). The number of thioether (sulfide) groups is 1. The van der Waals surface area contributed by atoms with Gasteiger partial charge >= 0.3 is 5.97 Å². The van der Waals surface area contributed by atoms with Crippen LogP contribution in [0.25, 0.3) is 0 Å². The molecule has 1 unspecified atom stereocenters. The zero-order chi connectivity index (χ0) is 14.6. The summed E-state index contributed by atoms with van der Waals surface area (Å²) in [6.07, 6.45) is 2.76. The molecule has 0 spiro atoms. The predicted molar refractivity (Wildman–Crippen MR) is 74.2 cm³/mol. The molecular formula is C13H17F2NO2S. The average molecular weight is 289 g/mol. The molecule has 0 saturated carbocycles. The molecule has 0 fully saturated rings. The van der Waals surface area contributed by atoms with E-state index in [0.29, 0.717) is 0 Å². The third kappa shape index (κ3) is 3.83. The summed E-state index contributed by atoms with van der Waals surface area (Å²) in [6.45, 7) is 1.88. The van der Waals surface area contributed by atoms with Gasteiger partial charge in [-0.2, -0.15) is 11.8 Å². The Labute approximate surface area is 115 Å². The Morgan fingerprint density at radius 2 is 1.95 bits per heavy atom. The Bertz CT molecular complexity index is 445. The predicted octanol–water partition coefficient (Wildman–Crippen LogP) is 3.24. The first-order valence-electron chi connectivity index (χ1n) is 5.82. The summed E-state index contributed by atoms with van der Waals surface area (Å²) in [7, 11) is 1.60. The van der Waals surface area contributed by atoms with Crippen molar-refractivity contribution in [1.29, 1.82) is 0 Å². The number of hydrogen-bond donors (Lipinski definition) is 1. The summed E-state index contributed by atoms with van der Waals surface area (Å²) < 4.78 is 27.7. The molecule has 3 nitrogen and oxygen atoms in total. The number of benzene rings is 1. The van der Waals surface area contributed by atoms with Crippen molar-refractivity contribution in [1.82, 2.24) is 0 Å². The van der Waals surface area contributed by atoms with Crippen molar-refractivity contribution in [3.63, 3.8) is 0 Å². The SMILES string of the molecule is CSCCC(C)N(C)c1c(F)cc(C(=O)O)cc1F. The van der Waals surface area contributed by atoms with E-state index in [4.69, 9.17) is 5.11 Å². The van der Waals surface area contributed by atoms with Gasteiger partial charge in [0.2, 0.25) is 0 Å². The van der Waals surface area contributed by atoms with Gasteiger partial charge < -0.3 is 10.0 Å².